The van der Waals surface area contributed by atoms with Gasteiger partial charge in [-0.2, -0.15) is 0 Å². The molecule has 10 heteroatoms. The molecule has 0 spiro atoms. The van der Waals surface area contributed by atoms with Crippen LogP contribution in [-0.4, -0.2) is 74.9 Å². The van der Waals surface area contributed by atoms with Gasteiger partial charge in [0.15, 0.2) is 6.10 Å². The molecule has 86 heavy (non-hydrogen) atoms. The third kappa shape index (κ3) is 69.5. The van der Waals surface area contributed by atoms with Crippen LogP contribution in [0, 0.1) is 0 Å². The number of hydrogen-bond donors (Lipinski definition) is 1. The number of ether oxygens (including phenoxy) is 2. The summed E-state index contributed by atoms with van der Waals surface area (Å²) in [6, 6.07) is 0. The molecule has 0 saturated carbocycles. The van der Waals surface area contributed by atoms with Crippen molar-refractivity contribution < 1.29 is 42.1 Å². The van der Waals surface area contributed by atoms with Crippen molar-refractivity contribution in [2.75, 3.05) is 47.5 Å². The summed E-state index contributed by atoms with van der Waals surface area (Å²) >= 11 is 0. The van der Waals surface area contributed by atoms with E-state index in [1.54, 1.807) is 0 Å². The molecule has 0 saturated heterocycles. The molecule has 0 aliphatic rings. The summed E-state index contributed by atoms with van der Waals surface area (Å²) in [6.07, 6.45) is 94.4. The smallest absolute Gasteiger partial charge is 0.462 e. The number of rotatable bonds is 64. The number of carbonyl (C=O) groups excluding carboxylic acids is 2. The van der Waals surface area contributed by atoms with E-state index >= 15 is 0 Å². The van der Waals surface area contributed by atoms with Crippen molar-refractivity contribution in [2.45, 2.75) is 302 Å². The number of allylic oxidation sites excluding steroid dienone is 20. The predicted octanol–water partition coefficient (Wildman–Crippen LogP) is 23.0. The molecule has 9 nitrogen and oxygen atoms in total. The highest BCUT2D eigenvalue weighted by molar-refractivity contribution is 7.47. The minimum Gasteiger partial charge on any atom is -0.462 e. The van der Waals surface area contributed by atoms with Gasteiger partial charge in [-0.05, 0) is 109 Å². The van der Waals surface area contributed by atoms with Crippen molar-refractivity contribution in [2.24, 2.45) is 0 Å². The van der Waals surface area contributed by atoms with Crippen LogP contribution in [0.15, 0.2) is 122 Å². The number of carbonyl (C=O) groups is 2. The number of phosphoric ester groups is 1. The molecule has 0 aromatic rings. The molecule has 0 radical (unpaired) electrons. The third-order valence-corrected chi connectivity index (χ3v) is 16.0. The van der Waals surface area contributed by atoms with E-state index < -0.39 is 26.5 Å². The van der Waals surface area contributed by atoms with E-state index in [1.165, 1.54) is 154 Å². The second kappa shape index (κ2) is 65.8. The molecule has 0 bridgehead atoms. The molecular weight excluding hydrogens is 1090 g/mol. The maximum atomic E-state index is 12.9. The van der Waals surface area contributed by atoms with Gasteiger partial charge in [-0.1, -0.05) is 296 Å². The Morgan fingerprint density at radius 1 is 0.372 bits per heavy atom. The SMILES string of the molecule is CC/C=C\C/C=C\C/C=C\C/C=C\C/C=C\C/C=C\C/C=C\C/C=C\C/C=C\CCCCCCCC(=O)OC(COC(=O)CCCCCCCCCCCCCCCCCCC/C=C\CCCCCCCCCC)COP(=O)(O)OCC[N+](C)(C)C. The van der Waals surface area contributed by atoms with Crippen LogP contribution >= 0.6 is 7.82 Å². The number of unbranched alkanes of at least 4 members (excludes halogenated alkanes) is 30. The van der Waals surface area contributed by atoms with E-state index in [-0.39, 0.29) is 32.0 Å². The van der Waals surface area contributed by atoms with Gasteiger partial charge in [0.1, 0.15) is 19.8 Å². The Morgan fingerprint density at radius 3 is 1.00 bits per heavy atom. The first-order valence-corrected chi connectivity index (χ1v) is 36.8. The Morgan fingerprint density at radius 2 is 0.663 bits per heavy atom. The normalized spacial score (nSPS) is 13.9. The van der Waals surface area contributed by atoms with Crippen LogP contribution in [-0.2, 0) is 32.7 Å². The van der Waals surface area contributed by atoms with Gasteiger partial charge in [-0.15, -0.1) is 0 Å². The lowest BCUT2D eigenvalue weighted by Crippen LogP contribution is -2.37. The summed E-state index contributed by atoms with van der Waals surface area (Å²) in [5, 5.41) is 0. The van der Waals surface area contributed by atoms with Crippen molar-refractivity contribution in [3.05, 3.63) is 122 Å². The van der Waals surface area contributed by atoms with Gasteiger partial charge in [0.25, 0.3) is 0 Å². The van der Waals surface area contributed by atoms with Crippen LogP contribution in [0.25, 0.3) is 0 Å². The fraction of sp³-hybridized carbons (Fsp3) is 0.711. The number of nitrogens with zero attached hydrogens (tertiary/aromatic N) is 1. The first kappa shape index (κ1) is 82.4. The van der Waals surface area contributed by atoms with Gasteiger partial charge < -0.3 is 18.9 Å². The van der Waals surface area contributed by atoms with Crippen LogP contribution in [0.2, 0.25) is 0 Å². The van der Waals surface area contributed by atoms with Crippen LogP contribution in [0.1, 0.15) is 296 Å². The van der Waals surface area contributed by atoms with E-state index in [0.29, 0.717) is 17.4 Å². The fourth-order valence-corrected chi connectivity index (χ4v) is 10.3. The van der Waals surface area contributed by atoms with Crippen LogP contribution < -0.4 is 0 Å². The Hall–Kier alpha value is -3.59. The zero-order valence-electron chi connectivity index (χ0n) is 56.3. The second-order valence-corrected chi connectivity index (χ2v) is 26.0. The quantitative estimate of drug-likeness (QED) is 0.0211. The average molecular weight is 1220 g/mol. The number of hydrogen-bond acceptors (Lipinski definition) is 7. The molecule has 0 heterocycles. The van der Waals surface area contributed by atoms with Gasteiger partial charge in [0.05, 0.1) is 27.7 Å². The van der Waals surface area contributed by atoms with Crippen LogP contribution in [0.3, 0.4) is 0 Å². The Labute approximate surface area is 530 Å². The highest BCUT2D eigenvalue weighted by Gasteiger charge is 2.27. The number of phosphoric acid groups is 1. The molecule has 0 aromatic heterocycles. The van der Waals surface area contributed by atoms with Crippen molar-refractivity contribution in [3.63, 3.8) is 0 Å². The number of quaternary nitrogens is 1. The molecule has 0 aliphatic heterocycles. The third-order valence-electron chi connectivity index (χ3n) is 15.0. The average Bonchev–Trinajstić information content (AvgIpc) is 3.70. The zero-order chi connectivity index (χ0) is 62.6. The first-order chi connectivity index (χ1) is 42.0. The van der Waals surface area contributed by atoms with E-state index in [9.17, 15) is 19.0 Å². The maximum absolute atomic E-state index is 12.9. The molecule has 2 atom stereocenters. The summed E-state index contributed by atoms with van der Waals surface area (Å²) in [6.45, 7) is 4.31. The van der Waals surface area contributed by atoms with Gasteiger partial charge in [0, 0.05) is 12.8 Å². The van der Waals surface area contributed by atoms with E-state index in [4.69, 9.17) is 18.5 Å². The zero-order valence-corrected chi connectivity index (χ0v) is 57.2. The van der Waals surface area contributed by atoms with Gasteiger partial charge in [0.2, 0.25) is 0 Å². The van der Waals surface area contributed by atoms with Gasteiger partial charge in [-0.25, -0.2) is 4.57 Å². The molecule has 0 amide bonds. The second-order valence-electron chi connectivity index (χ2n) is 24.5. The minimum absolute atomic E-state index is 0.0224. The molecule has 0 aromatic carbocycles. The van der Waals surface area contributed by atoms with Crippen LogP contribution in [0.4, 0.5) is 0 Å². The summed E-state index contributed by atoms with van der Waals surface area (Å²) in [4.78, 5) is 35.9. The largest absolute Gasteiger partial charge is 0.472 e. The van der Waals surface area contributed by atoms with Gasteiger partial charge in [-0.3, -0.25) is 18.6 Å². The predicted molar refractivity (Wildman–Crippen MR) is 371 cm³/mol. The monoisotopic (exact) mass is 1220 g/mol. The highest BCUT2D eigenvalue weighted by atomic mass is 31.2. The first-order valence-electron chi connectivity index (χ1n) is 35.3. The summed E-state index contributed by atoms with van der Waals surface area (Å²) in [5.41, 5.74) is 0. The number of esters is 2. The Bertz CT molecular complexity index is 1870. The Balaban J connectivity index is 4.13. The van der Waals surface area contributed by atoms with E-state index in [1.807, 2.05) is 21.1 Å². The topological polar surface area (TPSA) is 108 Å². The van der Waals surface area contributed by atoms with Crippen molar-refractivity contribution in [1.29, 1.82) is 0 Å². The van der Waals surface area contributed by atoms with E-state index in [2.05, 4.69) is 135 Å². The van der Waals surface area contributed by atoms with Crippen molar-refractivity contribution in [1.82, 2.24) is 0 Å². The van der Waals surface area contributed by atoms with Gasteiger partial charge >= 0.3 is 19.8 Å². The summed E-state index contributed by atoms with van der Waals surface area (Å²) < 4.78 is 34.7. The summed E-state index contributed by atoms with van der Waals surface area (Å²) in [5.74, 6) is -0.818. The maximum Gasteiger partial charge on any atom is 0.472 e. The van der Waals surface area contributed by atoms with Crippen molar-refractivity contribution >= 4 is 19.8 Å². The molecule has 0 fully saturated rings. The molecule has 2 unspecified atom stereocenters. The molecule has 494 valence electrons. The molecule has 0 aliphatic carbocycles. The standard InChI is InChI=1S/C76H132NO8P/c1-6-8-10-12-14-16-18-20-22-24-26-28-30-32-34-36-37-38-39-41-43-45-47-49-51-53-55-57-59-61-63-65-67-69-76(79)85-74(73-84-86(80,81)83-71-70-77(3,4)5)72-82-75(78)68-66-64-62-60-58-56-54-52-50-48-46-44-42-40-35-33-31-29-27-25-23-21-19-17-15-13-11-9-7-2/h8,10,14,16,20,22,25-28,32,34,37-38,41,43,47,49,53,55,74H,6-7,9,11-13,15,17-19,21,23-24,29-31,33,35-36,39-40,42,44-46,48,50-52,54,56-73H2,1-5H3/p+1/b10-8-,16-14-,22-20-,27-25-,28-26-,34-32-,38-37-,43-41-,49-47-,55-53-. The number of likely N-dealkylation sites (N-methyl/N-ethyl adjacent to an activating group) is 1. The molecule has 1 N–H and O–H groups in total. The molecule has 0 rings (SSSR count). The Kier molecular flexibility index (Phi) is 63.1. The molecular formula is C76H133NO8P+. The highest BCUT2D eigenvalue weighted by Crippen LogP contribution is 2.43. The fourth-order valence-electron chi connectivity index (χ4n) is 9.59. The lowest BCUT2D eigenvalue weighted by molar-refractivity contribution is -0.870. The van der Waals surface area contributed by atoms with Crippen molar-refractivity contribution in [3.8, 4) is 0 Å². The lowest BCUT2D eigenvalue weighted by Gasteiger charge is -2.24. The lowest BCUT2D eigenvalue weighted by atomic mass is 10.0. The summed E-state index contributed by atoms with van der Waals surface area (Å²) in [7, 11) is 1.46. The van der Waals surface area contributed by atoms with E-state index in [0.717, 1.165) is 109 Å². The van der Waals surface area contributed by atoms with Crippen LogP contribution in [0.5, 0.6) is 0 Å². The minimum atomic E-state index is -4.41.